The van der Waals surface area contributed by atoms with Gasteiger partial charge in [0.05, 0.1) is 5.60 Å². The number of hydrogen-bond donors (Lipinski definition) is 1. The molecule has 0 spiro atoms. The van der Waals surface area contributed by atoms with E-state index in [0.717, 1.165) is 12.8 Å². The van der Waals surface area contributed by atoms with E-state index in [2.05, 4.69) is 6.58 Å². The van der Waals surface area contributed by atoms with E-state index in [4.69, 9.17) is 0 Å². The first-order valence-electron chi connectivity index (χ1n) is 3.59. The Hall–Kier alpha value is -0.560. The van der Waals surface area contributed by atoms with Gasteiger partial charge in [0.15, 0.2) is 0 Å². The molecule has 0 unspecified atom stereocenters. The Bertz CT molecular complexity index is 123. The lowest BCUT2D eigenvalue weighted by Crippen LogP contribution is -2.19. The Kier molecular flexibility index (Phi) is 4.05. The first kappa shape index (κ1) is 9.44. The lowest BCUT2D eigenvalue weighted by Gasteiger charge is -2.16. The van der Waals surface area contributed by atoms with E-state index in [9.17, 15) is 5.11 Å². The molecule has 0 rings (SSSR count). The Morgan fingerprint density at radius 2 is 2.20 bits per heavy atom. The molecule has 10 heavy (non-hydrogen) atoms. The van der Waals surface area contributed by atoms with Crippen molar-refractivity contribution in [2.75, 3.05) is 0 Å². The largest absolute Gasteiger partial charge is 0.386 e. The summed E-state index contributed by atoms with van der Waals surface area (Å²) in [7, 11) is 0. The van der Waals surface area contributed by atoms with Crippen LogP contribution in [0.1, 0.15) is 26.7 Å². The van der Waals surface area contributed by atoms with E-state index in [-0.39, 0.29) is 0 Å². The van der Waals surface area contributed by atoms with Crippen molar-refractivity contribution >= 4 is 0 Å². The molecule has 0 radical (unpaired) electrons. The van der Waals surface area contributed by atoms with E-state index in [1.54, 1.807) is 13.0 Å². The summed E-state index contributed by atoms with van der Waals surface area (Å²) >= 11 is 0. The maximum absolute atomic E-state index is 9.40. The van der Waals surface area contributed by atoms with Crippen LogP contribution in [0.4, 0.5) is 0 Å². The van der Waals surface area contributed by atoms with E-state index < -0.39 is 5.60 Å². The molecule has 1 heteroatoms. The number of rotatable bonds is 4. The van der Waals surface area contributed by atoms with Crippen molar-refractivity contribution < 1.29 is 5.11 Å². The molecule has 1 N–H and O–H groups in total. The van der Waals surface area contributed by atoms with E-state index >= 15 is 0 Å². The van der Waals surface area contributed by atoms with Crippen LogP contribution in [0.15, 0.2) is 24.8 Å². The van der Waals surface area contributed by atoms with E-state index in [1.165, 1.54) is 0 Å². The standard InChI is InChI=1S/C9H16O/c1-4-6-7-8-9(3,10)5-2/h4-6,10H,2,7-8H2,1,3H3/b6-4+/t9-/m0/s1. The average molecular weight is 140 g/mol. The number of allylic oxidation sites excluding steroid dienone is 2. The zero-order chi connectivity index (χ0) is 8.04. The molecule has 1 nitrogen and oxygen atoms in total. The molecule has 0 aliphatic heterocycles. The van der Waals surface area contributed by atoms with Crippen molar-refractivity contribution in [1.29, 1.82) is 0 Å². The molecule has 0 aromatic rings. The van der Waals surface area contributed by atoms with Crippen molar-refractivity contribution in [1.82, 2.24) is 0 Å². The quantitative estimate of drug-likeness (QED) is 0.594. The smallest absolute Gasteiger partial charge is 0.0800 e. The summed E-state index contributed by atoms with van der Waals surface area (Å²) in [5, 5.41) is 9.40. The Labute approximate surface area is 63.1 Å². The minimum absolute atomic E-state index is 0.695. The van der Waals surface area contributed by atoms with Gasteiger partial charge in [0, 0.05) is 0 Å². The fraction of sp³-hybridized carbons (Fsp3) is 0.556. The summed E-state index contributed by atoms with van der Waals surface area (Å²) in [5.41, 5.74) is -0.695. The molecule has 0 saturated carbocycles. The second kappa shape index (κ2) is 4.29. The second-order valence-corrected chi connectivity index (χ2v) is 2.67. The van der Waals surface area contributed by atoms with Crippen molar-refractivity contribution in [2.45, 2.75) is 32.3 Å². The van der Waals surface area contributed by atoms with Crippen LogP contribution in [-0.4, -0.2) is 10.7 Å². The monoisotopic (exact) mass is 140 g/mol. The Balaban J connectivity index is 3.56. The van der Waals surface area contributed by atoms with Crippen LogP contribution in [0.2, 0.25) is 0 Å². The van der Waals surface area contributed by atoms with Gasteiger partial charge in [-0.2, -0.15) is 0 Å². The summed E-state index contributed by atoms with van der Waals surface area (Å²) in [6, 6.07) is 0. The molecule has 0 aliphatic carbocycles. The number of aliphatic hydroxyl groups is 1. The van der Waals surface area contributed by atoms with Gasteiger partial charge < -0.3 is 5.11 Å². The third kappa shape index (κ3) is 4.33. The van der Waals surface area contributed by atoms with Crippen molar-refractivity contribution in [2.24, 2.45) is 0 Å². The lowest BCUT2D eigenvalue weighted by molar-refractivity contribution is 0.103. The average Bonchev–Trinajstić information content (AvgIpc) is 1.89. The topological polar surface area (TPSA) is 20.2 Å². The molecule has 0 saturated heterocycles. The van der Waals surface area contributed by atoms with E-state index in [0.29, 0.717) is 0 Å². The van der Waals surface area contributed by atoms with Gasteiger partial charge in [-0.05, 0) is 26.7 Å². The van der Waals surface area contributed by atoms with Gasteiger partial charge in [0.25, 0.3) is 0 Å². The lowest BCUT2D eigenvalue weighted by atomic mass is 10.0. The zero-order valence-electron chi connectivity index (χ0n) is 6.80. The Morgan fingerprint density at radius 3 is 2.60 bits per heavy atom. The van der Waals surface area contributed by atoms with Gasteiger partial charge in [-0.1, -0.05) is 18.2 Å². The Morgan fingerprint density at radius 1 is 1.60 bits per heavy atom. The highest BCUT2D eigenvalue weighted by Crippen LogP contribution is 2.12. The molecule has 0 aromatic heterocycles. The SMILES string of the molecule is C=C[C@](C)(O)CC/C=C/C. The third-order valence-corrected chi connectivity index (χ3v) is 1.49. The summed E-state index contributed by atoms with van der Waals surface area (Å²) < 4.78 is 0. The first-order chi connectivity index (χ1) is 4.62. The van der Waals surface area contributed by atoms with Crippen LogP contribution < -0.4 is 0 Å². The second-order valence-electron chi connectivity index (χ2n) is 2.67. The van der Waals surface area contributed by atoms with Gasteiger partial charge in [-0.15, -0.1) is 6.58 Å². The summed E-state index contributed by atoms with van der Waals surface area (Å²) in [4.78, 5) is 0. The molecule has 0 bridgehead atoms. The van der Waals surface area contributed by atoms with Crippen molar-refractivity contribution in [3.05, 3.63) is 24.8 Å². The highest BCUT2D eigenvalue weighted by molar-refractivity contribution is 4.93. The van der Waals surface area contributed by atoms with Crippen LogP contribution in [-0.2, 0) is 0 Å². The van der Waals surface area contributed by atoms with Gasteiger partial charge in [0.1, 0.15) is 0 Å². The minimum atomic E-state index is -0.695. The summed E-state index contributed by atoms with van der Waals surface area (Å²) in [6.45, 7) is 7.28. The maximum atomic E-state index is 9.40. The molecule has 0 amide bonds. The summed E-state index contributed by atoms with van der Waals surface area (Å²) in [6.07, 6.45) is 7.27. The normalized spacial score (nSPS) is 17.1. The molecule has 1 atom stereocenters. The fourth-order valence-electron chi connectivity index (χ4n) is 0.644. The van der Waals surface area contributed by atoms with Gasteiger partial charge in [-0.25, -0.2) is 0 Å². The molecular weight excluding hydrogens is 124 g/mol. The van der Waals surface area contributed by atoms with Crippen LogP contribution in [0.3, 0.4) is 0 Å². The van der Waals surface area contributed by atoms with Gasteiger partial charge in [0.2, 0.25) is 0 Å². The van der Waals surface area contributed by atoms with Crippen LogP contribution in [0.5, 0.6) is 0 Å². The van der Waals surface area contributed by atoms with Crippen LogP contribution in [0, 0.1) is 0 Å². The predicted molar refractivity (Wildman–Crippen MR) is 44.9 cm³/mol. The van der Waals surface area contributed by atoms with Crippen LogP contribution >= 0.6 is 0 Å². The maximum Gasteiger partial charge on any atom is 0.0800 e. The minimum Gasteiger partial charge on any atom is -0.386 e. The van der Waals surface area contributed by atoms with Crippen LogP contribution in [0.25, 0.3) is 0 Å². The van der Waals surface area contributed by atoms with Gasteiger partial charge >= 0.3 is 0 Å². The molecule has 58 valence electrons. The third-order valence-electron chi connectivity index (χ3n) is 1.49. The first-order valence-corrected chi connectivity index (χ1v) is 3.59. The zero-order valence-corrected chi connectivity index (χ0v) is 6.80. The summed E-state index contributed by atoms with van der Waals surface area (Å²) in [5.74, 6) is 0. The van der Waals surface area contributed by atoms with Crippen molar-refractivity contribution in [3.8, 4) is 0 Å². The van der Waals surface area contributed by atoms with Gasteiger partial charge in [-0.3, -0.25) is 0 Å². The highest BCUT2D eigenvalue weighted by atomic mass is 16.3. The molecule has 0 aromatic carbocycles. The van der Waals surface area contributed by atoms with E-state index in [1.807, 2.05) is 19.1 Å². The van der Waals surface area contributed by atoms with Crippen molar-refractivity contribution in [3.63, 3.8) is 0 Å². The highest BCUT2D eigenvalue weighted by Gasteiger charge is 2.12. The predicted octanol–water partition coefficient (Wildman–Crippen LogP) is 2.28. The molecule has 0 heterocycles. The molecule has 0 fully saturated rings. The molecular formula is C9H16O. The fourth-order valence-corrected chi connectivity index (χ4v) is 0.644. The molecule has 0 aliphatic rings. The number of hydrogen-bond acceptors (Lipinski definition) is 1.